The molecule has 0 bridgehead atoms. The average Bonchev–Trinajstić information content (AvgIpc) is 2.82. The van der Waals surface area contributed by atoms with Crippen LogP contribution in [0.2, 0.25) is 0 Å². The summed E-state index contributed by atoms with van der Waals surface area (Å²) in [5.74, 6) is 0.531. The van der Waals surface area contributed by atoms with E-state index >= 15 is 0 Å². The van der Waals surface area contributed by atoms with Crippen LogP contribution >= 0.6 is 0 Å². The van der Waals surface area contributed by atoms with Crippen LogP contribution in [0, 0.1) is 6.92 Å². The third-order valence-electron chi connectivity index (χ3n) is 3.02. The van der Waals surface area contributed by atoms with E-state index in [1.165, 1.54) is 17.4 Å². The van der Waals surface area contributed by atoms with Crippen LogP contribution in [-0.2, 0) is 23.2 Å². The summed E-state index contributed by atoms with van der Waals surface area (Å²) in [6, 6.07) is 10.7. The van der Waals surface area contributed by atoms with E-state index < -0.39 is 10.0 Å². The zero-order valence-electron chi connectivity index (χ0n) is 11.4. The van der Waals surface area contributed by atoms with E-state index in [9.17, 15) is 8.42 Å². The second kappa shape index (κ2) is 5.78. The summed E-state index contributed by atoms with van der Waals surface area (Å²) in [6.07, 6.45) is 0. The Morgan fingerprint density at radius 3 is 2.45 bits per heavy atom. The molecule has 1 aromatic heterocycles. The van der Waals surface area contributed by atoms with Gasteiger partial charge < -0.3 is 9.52 Å². The van der Waals surface area contributed by atoms with Crippen LogP contribution in [0.5, 0.6) is 0 Å². The highest BCUT2D eigenvalue weighted by Gasteiger charge is 2.26. The van der Waals surface area contributed by atoms with Crippen molar-refractivity contribution >= 4 is 10.0 Å². The fourth-order valence-electron chi connectivity index (χ4n) is 1.95. The summed E-state index contributed by atoms with van der Waals surface area (Å²) >= 11 is 0. The Labute approximate surface area is 118 Å². The summed E-state index contributed by atoms with van der Waals surface area (Å²) in [4.78, 5) is 0.0972. The smallest absolute Gasteiger partial charge is 0.246 e. The largest absolute Gasteiger partial charge is 0.462 e. The number of rotatable bonds is 5. The van der Waals surface area contributed by atoms with Gasteiger partial charge in [0.05, 0.1) is 0 Å². The summed E-state index contributed by atoms with van der Waals surface area (Å²) in [5, 5.41) is 9.01. The van der Waals surface area contributed by atoms with Gasteiger partial charge in [0, 0.05) is 19.7 Å². The van der Waals surface area contributed by atoms with Crippen LogP contribution in [0.15, 0.2) is 45.7 Å². The van der Waals surface area contributed by atoms with E-state index in [0.717, 1.165) is 5.56 Å². The van der Waals surface area contributed by atoms with Crippen LogP contribution in [0.25, 0.3) is 0 Å². The molecule has 0 amide bonds. The summed E-state index contributed by atoms with van der Waals surface area (Å²) in [6.45, 7) is 1.53. The van der Waals surface area contributed by atoms with E-state index in [4.69, 9.17) is 9.52 Å². The number of hydrogen-bond acceptors (Lipinski definition) is 4. The minimum absolute atomic E-state index is 0.0972. The average molecular weight is 295 g/mol. The Bertz CT molecular complexity index is 676. The maximum atomic E-state index is 12.5. The van der Waals surface area contributed by atoms with Crippen molar-refractivity contribution in [3.63, 3.8) is 0 Å². The standard InChI is InChI=1S/C14H17NO4S/c1-11-14(8-13(10-16)19-11)20(17,18)15(2)9-12-6-4-3-5-7-12/h3-8,16H,9-10H2,1-2H3. The van der Waals surface area contributed by atoms with Gasteiger partial charge in [-0.3, -0.25) is 0 Å². The molecule has 2 aromatic rings. The van der Waals surface area contributed by atoms with Crippen LogP contribution in [-0.4, -0.2) is 24.9 Å². The van der Waals surface area contributed by atoms with Gasteiger partial charge in [0.25, 0.3) is 0 Å². The van der Waals surface area contributed by atoms with Crippen LogP contribution in [0.4, 0.5) is 0 Å². The molecule has 0 saturated heterocycles. The van der Waals surface area contributed by atoms with Crippen LogP contribution in [0.3, 0.4) is 0 Å². The zero-order valence-corrected chi connectivity index (χ0v) is 12.2. The lowest BCUT2D eigenvalue weighted by atomic mass is 10.2. The monoisotopic (exact) mass is 295 g/mol. The molecule has 6 heteroatoms. The highest BCUT2D eigenvalue weighted by atomic mass is 32.2. The number of aliphatic hydroxyl groups excluding tert-OH is 1. The number of sulfonamides is 1. The molecule has 108 valence electrons. The molecule has 2 rings (SSSR count). The summed E-state index contributed by atoms with van der Waals surface area (Å²) in [7, 11) is -2.11. The third kappa shape index (κ3) is 2.92. The second-order valence-corrected chi connectivity index (χ2v) is 6.55. The van der Waals surface area contributed by atoms with Gasteiger partial charge in [-0.05, 0) is 12.5 Å². The van der Waals surface area contributed by atoms with E-state index in [1.807, 2.05) is 30.3 Å². The number of aryl methyl sites for hydroxylation is 1. The van der Waals surface area contributed by atoms with Gasteiger partial charge >= 0.3 is 0 Å². The molecule has 0 fully saturated rings. The number of benzene rings is 1. The normalized spacial score (nSPS) is 12.0. The van der Waals surface area contributed by atoms with E-state index in [0.29, 0.717) is 0 Å². The topological polar surface area (TPSA) is 70.8 Å². The van der Waals surface area contributed by atoms with Gasteiger partial charge in [0.15, 0.2) is 0 Å². The maximum absolute atomic E-state index is 12.5. The number of furan rings is 1. The number of hydrogen-bond donors (Lipinski definition) is 1. The molecule has 0 radical (unpaired) electrons. The van der Waals surface area contributed by atoms with E-state index in [2.05, 4.69) is 0 Å². The molecular formula is C14H17NO4S. The predicted octanol–water partition coefficient (Wildman–Crippen LogP) is 1.90. The van der Waals surface area contributed by atoms with Gasteiger partial charge in [-0.2, -0.15) is 4.31 Å². The summed E-state index contributed by atoms with van der Waals surface area (Å²) in [5.41, 5.74) is 0.905. The van der Waals surface area contributed by atoms with Crippen molar-refractivity contribution in [1.29, 1.82) is 0 Å². The molecule has 0 spiro atoms. The Morgan fingerprint density at radius 2 is 1.90 bits per heavy atom. The Morgan fingerprint density at radius 1 is 1.25 bits per heavy atom. The van der Waals surface area contributed by atoms with E-state index in [1.54, 1.807) is 6.92 Å². The van der Waals surface area contributed by atoms with Crippen molar-refractivity contribution < 1.29 is 17.9 Å². The SMILES string of the molecule is Cc1oc(CO)cc1S(=O)(=O)N(C)Cc1ccccc1. The van der Waals surface area contributed by atoms with Gasteiger partial charge in [-0.15, -0.1) is 0 Å². The molecule has 0 aliphatic rings. The molecule has 0 aliphatic carbocycles. The number of aliphatic hydroxyl groups is 1. The zero-order chi connectivity index (χ0) is 14.8. The first-order valence-corrected chi connectivity index (χ1v) is 7.59. The van der Waals surface area contributed by atoms with Crippen molar-refractivity contribution in [3.05, 3.63) is 53.5 Å². The van der Waals surface area contributed by atoms with Gasteiger partial charge in [-0.25, -0.2) is 8.42 Å². The van der Waals surface area contributed by atoms with Crippen molar-refractivity contribution in [2.45, 2.75) is 25.0 Å². The minimum atomic E-state index is -3.63. The number of nitrogens with zero attached hydrogens (tertiary/aromatic N) is 1. The second-order valence-electron chi connectivity index (χ2n) is 4.54. The molecule has 0 saturated carbocycles. The minimum Gasteiger partial charge on any atom is -0.462 e. The van der Waals surface area contributed by atoms with Gasteiger partial charge in [0.2, 0.25) is 10.0 Å². The van der Waals surface area contributed by atoms with Crippen molar-refractivity contribution in [1.82, 2.24) is 4.31 Å². The first-order chi connectivity index (χ1) is 9.45. The van der Waals surface area contributed by atoms with E-state index in [-0.39, 0.29) is 29.6 Å². The Kier molecular flexibility index (Phi) is 4.27. The molecule has 1 heterocycles. The third-order valence-corrected chi connectivity index (χ3v) is 4.93. The maximum Gasteiger partial charge on any atom is 0.246 e. The lowest BCUT2D eigenvalue weighted by Gasteiger charge is -2.16. The van der Waals surface area contributed by atoms with Crippen molar-refractivity contribution in [2.75, 3.05) is 7.05 Å². The highest BCUT2D eigenvalue weighted by molar-refractivity contribution is 7.89. The molecule has 1 aromatic carbocycles. The molecule has 20 heavy (non-hydrogen) atoms. The Balaban J connectivity index is 2.27. The predicted molar refractivity (Wildman–Crippen MR) is 74.5 cm³/mol. The summed E-state index contributed by atoms with van der Waals surface area (Å²) < 4.78 is 31.4. The molecular weight excluding hydrogens is 278 g/mol. The molecule has 5 nitrogen and oxygen atoms in total. The quantitative estimate of drug-likeness (QED) is 0.914. The lowest BCUT2D eigenvalue weighted by molar-refractivity contribution is 0.244. The van der Waals surface area contributed by atoms with Crippen molar-refractivity contribution in [3.8, 4) is 0 Å². The van der Waals surface area contributed by atoms with Gasteiger partial charge in [0.1, 0.15) is 23.0 Å². The molecule has 0 aliphatic heterocycles. The molecule has 0 atom stereocenters. The molecule has 1 N–H and O–H groups in total. The Hall–Kier alpha value is -1.63. The molecule has 0 unspecified atom stereocenters. The van der Waals surface area contributed by atoms with Gasteiger partial charge in [-0.1, -0.05) is 30.3 Å². The lowest BCUT2D eigenvalue weighted by Crippen LogP contribution is -2.26. The first-order valence-electron chi connectivity index (χ1n) is 6.15. The first kappa shape index (κ1) is 14.8. The fraction of sp³-hybridized carbons (Fsp3) is 0.286. The van der Waals surface area contributed by atoms with Crippen LogP contribution < -0.4 is 0 Å². The fourth-order valence-corrected chi connectivity index (χ4v) is 3.29. The van der Waals surface area contributed by atoms with Crippen molar-refractivity contribution in [2.24, 2.45) is 0 Å². The van der Waals surface area contributed by atoms with Crippen LogP contribution in [0.1, 0.15) is 17.1 Å². The highest BCUT2D eigenvalue weighted by Crippen LogP contribution is 2.24.